The molecule has 0 radical (unpaired) electrons. The van der Waals surface area contributed by atoms with E-state index < -0.39 is 0 Å². The van der Waals surface area contributed by atoms with Crippen molar-refractivity contribution in [1.29, 1.82) is 0 Å². The number of aromatic nitrogens is 5. The minimum Gasteiger partial charge on any atom is -0.480 e. The Bertz CT molecular complexity index is 1030. The van der Waals surface area contributed by atoms with Crippen LogP contribution in [0.1, 0.15) is 11.4 Å². The minimum atomic E-state index is 0.494. The number of aryl methyl sites for hydroxylation is 1. The molecule has 0 amide bonds. The number of benzene rings is 1. The van der Waals surface area contributed by atoms with Gasteiger partial charge in [0.2, 0.25) is 5.88 Å². The highest BCUT2D eigenvalue weighted by Gasteiger charge is 2.09. The smallest absolute Gasteiger partial charge is 0.231 e. The van der Waals surface area contributed by atoms with Crippen LogP contribution in [0.5, 0.6) is 5.88 Å². The number of pyridine rings is 1. The maximum atomic E-state index is 5.16. The maximum Gasteiger partial charge on any atom is 0.231 e. The van der Waals surface area contributed by atoms with Crippen LogP contribution in [0.4, 0.5) is 5.69 Å². The Labute approximate surface area is 138 Å². The molecule has 3 aromatic heterocycles. The van der Waals surface area contributed by atoms with Crippen LogP contribution < -0.4 is 10.1 Å². The van der Waals surface area contributed by atoms with Gasteiger partial charge >= 0.3 is 0 Å². The number of hydrogen-bond donors (Lipinski definition) is 1. The van der Waals surface area contributed by atoms with Crippen molar-refractivity contribution in [2.75, 3.05) is 12.4 Å². The lowest BCUT2D eigenvalue weighted by atomic mass is 10.1. The molecule has 4 rings (SSSR count). The second kappa shape index (κ2) is 5.77. The molecule has 0 aliphatic heterocycles. The van der Waals surface area contributed by atoms with Crippen molar-refractivity contribution < 1.29 is 4.74 Å². The van der Waals surface area contributed by atoms with Crippen LogP contribution in [0.3, 0.4) is 0 Å². The van der Waals surface area contributed by atoms with Gasteiger partial charge in [0.15, 0.2) is 11.5 Å². The van der Waals surface area contributed by atoms with Gasteiger partial charge in [-0.15, -0.1) is 15.3 Å². The Kier molecular flexibility index (Phi) is 3.45. The first-order valence-electron chi connectivity index (χ1n) is 7.60. The van der Waals surface area contributed by atoms with Crippen molar-refractivity contribution in [3.8, 4) is 5.88 Å². The van der Waals surface area contributed by atoms with Gasteiger partial charge < -0.3 is 10.1 Å². The zero-order chi connectivity index (χ0) is 16.5. The highest BCUT2D eigenvalue weighted by atomic mass is 16.5. The van der Waals surface area contributed by atoms with E-state index in [0.717, 1.165) is 22.2 Å². The highest BCUT2D eigenvalue weighted by molar-refractivity contribution is 5.92. The van der Waals surface area contributed by atoms with Gasteiger partial charge in [0.1, 0.15) is 0 Å². The molecule has 1 N–H and O–H groups in total. The van der Waals surface area contributed by atoms with Crippen molar-refractivity contribution in [2.45, 2.75) is 13.5 Å². The van der Waals surface area contributed by atoms with Crippen LogP contribution in [0, 0.1) is 6.92 Å². The van der Waals surface area contributed by atoms with Gasteiger partial charge in [-0.3, -0.25) is 4.98 Å². The molecular formula is C17H16N6O. The quantitative estimate of drug-likeness (QED) is 0.623. The molecule has 0 spiro atoms. The van der Waals surface area contributed by atoms with Crippen molar-refractivity contribution in [3.05, 3.63) is 54.0 Å². The molecule has 0 aliphatic carbocycles. The lowest BCUT2D eigenvalue weighted by molar-refractivity contribution is 0.389. The van der Waals surface area contributed by atoms with Gasteiger partial charge in [-0.1, -0.05) is 18.2 Å². The van der Waals surface area contributed by atoms with Gasteiger partial charge in [0.05, 0.1) is 19.2 Å². The first-order chi connectivity index (χ1) is 11.8. The summed E-state index contributed by atoms with van der Waals surface area (Å²) in [5.41, 5.74) is 3.83. The van der Waals surface area contributed by atoms with Crippen molar-refractivity contribution in [3.63, 3.8) is 0 Å². The lowest BCUT2D eigenvalue weighted by Gasteiger charge is -2.09. The number of hydrogen-bond acceptors (Lipinski definition) is 6. The first kappa shape index (κ1) is 14.4. The van der Waals surface area contributed by atoms with Crippen LogP contribution in [0.25, 0.3) is 16.6 Å². The van der Waals surface area contributed by atoms with E-state index in [0.29, 0.717) is 23.9 Å². The van der Waals surface area contributed by atoms with E-state index in [4.69, 9.17) is 4.74 Å². The summed E-state index contributed by atoms with van der Waals surface area (Å²) in [6, 6.07) is 11.7. The van der Waals surface area contributed by atoms with E-state index in [9.17, 15) is 0 Å². The number of methoxy groups -OCH3 is 1. The van der Waals surface area contributed by atoms with E-state index in [2.05, 4.69) is 44.7 Å². The SMILES string of the molecule is COc1ccc2nnc(CNc3ccnc4c(C)cccc34)n2n1. The number of nitrogens with zero attached hydrogens (tertiary/aromatic N) is 5. The predicted octanol–water partition coefficient (Wildman–Crippen LogP) is 2.60. The third kappa shape index (κ3) is 2.40. The van der Waals surface area contributed by atoms with Gasteiger partial charge in [0, 0.05) is 23.3 Å². The first-order valence-corrected chi connectivity index (χ1v) is 7.60. The third-order valence-corrected chi connectivity index (χ3v) is 3.92. The Morgan fingerprint density at radius 2 is 2.04 bits per heavy atom. The largest absolute Gasteiger partial charge is 0.480 e. The molecule has 0 fully saturated rings. The van der Waals surface area contributed by atoms with E-state index in [1.807, 2.05) is 18.2 Å². The zero-order valence-corrected chi connectivity index (χ0v) is 13.4. The fraction of sp³-hybridized carbons (Fsp3) is 0.176. The summed E-state index contributed by atoms with van der Waals surface area (Å²) in [6.45, 7) is 2.55. The summed E-state index contributed by atoms with van der Waals surface area (Å²) in [5.74, 6) is 1.23. The summed E-state index contributed by atoms with van der Waals surface area (Å²) in [6.07, 6.45) is 1.81. The molecule has 0 bridgehead atoms. The fourth-order valence-electron chi connectivity index (χ4n) is 2.69. The van der Waals surface area contributed by atoms with Crippen LogP contribution >= 0.6 is 0 Å². The zero-order valence-electron chi connectivity index (χ0n) is 13.4. The molecule has 24 heavy (non-hydrogen) atoms. The van der Waals surface area contributed by atoms with E-state index in [-0.39, 0.29) is 0 Å². The van der Waals surface area contributed by atoms with Gasteiger partial charge in [0.25, 0.3) is 0 Å². The summed E-state index contributed by atoms with van der Waals surface area (Å²) < 4.78 is 6.85. The summed E-state index contributed by atoms with van der Waals surface area (Å²) in [7, 11) is 1.59. The van der Waals surface area contributed by atoms with Crippen molar-refractivity contribution in [2.24, 2.45) is 0 Å². The number of para-hydroxylation sites is 1. The molecule has 1 aromatic carbocycles. The van der Waals surface area contributed by atoms with Crippen LogP contribution in [0.15, 0.2) is 42.6 Å². The van der Waals surface area contributed by atoms with E-state index in [1.165, 1.54) is 0 Å². The fourth-order valence-corrected chi connectivity index (χ4v) is 2.69. The van der Waals surface area contributed by atoms with Crippen LogP contribution in [-0.2, 0) is 6.54 Å². The van der Waals surface area contributed by atoms with E-state index in [1.54, 1.807) is 23.9 Å². The molecule has 7 nitrogen and oxygen atoms in total. The van der Waals surface area contributed by atoms with Gasteiger partial charge in [-0.25, -0.2) is 0 Å². The average molecular weight is 320 g/mol. The van der Waals surface area contributed by atoms with Crippen LogP contribution in [-0.4, -0.2) is 31.9 Å². The second-order valence-electron chi connectivity index (χ2n) is 5.45. The van der Waals surface area contributed by atoms with E-state index >= 15 is 0 Å². The summed E-state index contributed by atoms with van der Waals surface area (Å²) in [4.78, 5) is 4.46. The Hall–Kier alpha value is -3.22. The molecular weight excluding hydrogens is 304 g/mol. The normalized spacial score (nSPS) is 11.1. The van der Waals surface area contributed by atoms with Crippen molar-refractivity contribution >= 4 is 22.2 Å². The van der Waals surface area contributed by atoms with Crippen LogP contribution in [0.2, 0.25) is 0 Å². The number of anilines is 1. The number of nitrogens with one attached hydrogen (secondary N) is 1. The summed E-state index contributed by atoms with van der Waals surface area (Å²) >= 11 is 0. The molecule has 7 heteroatoms. The molecule has 0 aliphatic rings. The number of rotatable bonds is 4. The molecule has 3 heterocycles. The highest BCUT2D eigenvalue weighted by Crippen LogP contribution is 2.24. The minimum absolute atomic E-state index is 0.494. The van der Waals surface area contributed by atoms with Crippen molar-refractivity contribution in [1.82, 2.24) is 24.8 Å². The second-order valence-corrected chi connectivity index (χ2v) is 5.45. The Morgan fingerprint density at radius 1 is 1.12 bits per heavy atom. The predicted molar refractivity (Wildman–Crippen MR) is 91.1 cm³/mol. The molecule has 0 unspecified atom stereocenters. The monoisotopic (exact) mass is 320 g/mol. The lowest BCUT2D eigenvalue weighted by Crippen LogP contribution is -2.07. The standard InChI is InChI=1S/C17H16N6O/c1-11-4-3-5-12-13(8-9-18-17(11)12)19-10-15-21-20-14-6-7-16(24-2)22-23(14)15/h3-9H,10H2,1-2H3,(H,18,19). The molecule has 120 valence electrons. The topological polar surface area (TPSA) is 77.2 Å². The molecule has 4 aromatic rings. The number of fused-ring (bicyclic) bond motifs is 2. The average Bonchev–Trinajstić information content (AvgIpc) is 3.02. The molecule has 0 atom stereocenters. The third-order valence-electron chi connectivity index (χ3n) is 3.92. The van der Waals surface area contributed by atoms with Gasteiger partial charge in [-0.2, -0.15) is 4.52 Å². The molecule has 0 saturated heterocycles. The summed E-state index contributed by atoms with van der Waals surface area (Å²) in [5, 5.41) is 17.2. The van der Waals surface area contributed by atoms with Gasteiger partial charge in [-0.05, 0) is 24.6 Å². The Balaban J connectivity index is 1.67. The number of ether oxygens (including phenoxy) is 1. The maximum absolute atomic E-state index is 5.16. The Morgan fingerprint density at radius 3 is 2.92 bits per heavy atom. The molecule has 0 saturated carbocycles.